The lowest BCUT2D eigenvalue weighted by Crippen LogP contribution is -2.46. The van der Waals surface area contributed by atoms with E-state index in [4.69, 9.17) is 5.73 Å². The molecule has 1 aromatic carbocycles. The Morgan fingerprint density at radius 3 is 2.62 bits per heavy atom. The largest absolute Gasteiger partial charge is 0.374 e. The predicted octanol–water partition coefficient (Wildman–Crippen LogP) is 2.12. The quantitative estimate of drug-likeness (QED) is 0.546. The molecule has 29 heavy (non-hydrogen) atoms. The van der Waals surface area contributed by atoms with Crippen LogP contribution >= 0.6 is 0 Å². The summed E-state index contributed by atoms with van der Waals surface area (Å²) in [7, 11) is 0. The monoisotopic (exact) mass is 395 g/mol. The van der Waals surface area contributed by atoms with Crippen LogP contribution in [-0.4, -0.2) is 55.0 Å². The summed E-state index contributed by atoms with van der Waals surface area (Å²) in [5.41, 5.74) is 9.77. The lowest BCUT2D eigenvalue weighted by molar-refractivity contribution is -0.118. The van der Waals surface area contributed by atoms with Crippen molar-refractivity contribution in [1.29, 1.82) is 5.26 Å². The van der Waals surface area contributed by atoms with Crippen molar-refractivity contribution >= 4 is 5.91 Å². The Kier molecular flexibility index (Phi) is 7.68. The van der Waals surface area contributed by atoms with Gasteiger partial charge in [0.15, 0.2) is 0 Å². The van der Waals surface area contributed by atoms with Gasteiger partial charge in [0.2, 0.25) is 0 Å². The van der Waals surface area contributed by atoms with Crippen LogP contribution in [0, 0.1) is 11.3 Å². The van der Waals surface area contributed by atoms with Gasteiger partial charge in [-0.15, -0.1) is 0 Å². The minimum atomic E-state index is -0.290. The molecule has 156 valence electrons. The molecule has 1 fully saturated rings. The number of carbonyl (C=O) groups excluding carboxylic acids is 1. The molecule has 0 spiro atoms. The molecular weight excluding hydrogens is 362 g/mol. The molecule has 1 unspecified atom stereocenters. The minimum absolute atomic E-state index is 0.0760. The van der Waals surface area contributed by atoms with Gasteiger partial charge in [-0.1, -0.05) is 25.1 Å². The third-order valence-electron chi connectivity index (χ3n) is 6.02. The van der Waals surface area contributed by atoms with Crippen molar-refractivity contribution in [3.8, 4) is 6.07 Å². The van der Waals surface area contributed by atoms with Gasteiger partial charge in [0.1, 0.15) is 11.6 Å². The predicted molar refractivity (Wildman–Crippen MR) is 115 cm³/mol. The van der Waals surface area contributed by atoms with E-state index in [1.807, 2.05) is 0 Å². The van der Waals surface area contributed by atoms with Crippen molar-refractivity contribution in [3.63, 3.8) is 0 Å². The van der Waals surface area contributed by atoms with Crippen LogP contribution in [0.15, 0.2) is 30.0 Å². The molecule has 3 rings (SSSR count). The summed E-state index contributed by atoms with van der Waals surface area (Å²) >= 11 is 0. The number of piperazine rings is 1. The zero-order valence-electron chi connectivity index (χ0n) is 17.5. The van der Waals surface area contributed by atoms with Crippen LogP contribution in [0.5, 0.6) is 0 Å². The van der Waals surface area contributed by atoms with Crippen molar-refractivity contribution in [2.45, 2.75) is 45.1 Å². The third kappa shape index (κ3) is 5.59. The number of carbonyl (C=O) groups is 1. The zero-order valence-corrected chi connectivity index (χ0v) is 17.5. The molecule has 1 amide bonds. The van der Waals surface area contributed by atoms with Gasteiger partial charge in [-0.25, -0.2) is 0 Å². The molecule has 2 aliphatic rings. The van der Waals surface area contributed by atoms with Crippen LogP contribution in [0.3, 0.4) is 0 Å². The molecule has 6 heteroatoms. The van der Waals surface area contributed by atoms with Crippen molar-refractivity contribution in [2.24, 2.45) is 5.73 Å². The first-order chi connectivity index (χ1) is 14.1. The van der Waals surface area contributed by atoms with Crippen LogP contribution in [0.2, 0.25) is 0 Å². The van der Waals surface area contributed by atoms with E-state index in [2.05, 4.69) is 46.3 Å². The average molecular weight is 396 g/mol. The Morgan fingerprint density at radius 1 is 1.24 bits per heavy atom. The second kappa shape index (κ2) is 10.4. The molecule has 1 aliphatic heterocycles. The number of nitrogens with zero attached hydrogens (tertiary/aromatic N) is 3. The van der Waals surface area contributed by atoms with Gasteiger partial charge >= 0.3 is 0 Å². The van der Waals surface area contributed by atoms with Crippen molar-refractivity contribution in [2.75, 3.05) is 39.3 Å². The van der Waals surface area contributed by atoms with E-state index in [0.717, 1.165) is 57.5 Å². The molecule has 1 saturated heterocycles. The highest BCUT2D eigenvalue weighted by molar-refractivity contribution is 5.97. The zero-order chi connectivity index (χ0) is 20.6. The SMILES string of the molecule is CCC(NC(=O)/C(C#N)=C\N1CCN(CCN)CC1)c1ccc2c(c1)CCCC2. The summed E-state index contributed by atoms with van der Waals surface area (Å²) in [4.78, 5) is 17.2. The molecule has 1 aliphatic carbocycles. The number of amides is 1. The fourth-order valence-corrected chi connectivity index (χ4v) is 4.25. The van der Waals surface area contributed by atoms with E-state index in [0.29, 0.717) is 6.54 Å². The van der Waals surface area contributed by atoms with Gasteiger partial charge in [0.05, 0.1) is 6.04 Å². The van der Waals surface area contributed by atoms with E-state index in [1.165, 1.54) is 24.0 Å². The summed E-state index contributed by atoms with van der Waals surface area (Å²) in [6.45, 7) is 7.03. The topological polar surface area (TPSA) is 85.4 Å². The third-order valence-corrected chi connectivity index (χ3v) is 6.02. The van der Waals surface area contributed by atoms with Crippen molar-refractivity contribution < 1.29 is 4.79 Å². The van der Waals surface area contributed by atoms with Gasteiger partial charge < -0.3 is 16.0 Å². The second-order valence-electron chi connectivity index (χ2n) is 7.99. The van der Waals surface area contributed by atoms with Gasteiger partial charge in [-0.2, -0.15) is 5.26 Å². The number of hydrogen-bond donors (Lipinski definition) is 2. The number of nitrogens with one attached hydrogen (secondary N) is 1. The lowest BCUT2D eigenvalue weighted by atomic mass is 9.88. The van der Waals surface area contributed by atoms with Gasteiger partial charge in [0.25, 0.3) is 5.91 Å². The highest BCUT2D eigenvalue weighted by Crippen LogP contribution is 2.26. The molecule has 3 N–H and O–H groups in total. The maximum Gasteiger partial charge on any atom is 0.263 e. The summed E-state index contributed by atoms with van der Waals surface area (Å²) in [6.07, 6.45) is 7.28. The average Bonchev–Trinajstić information content (AvgIpc) is 2.76. The van der Waals surface area contributed by atoms with Crippen LogP contribution < -0.4 is 11.1 Å². The summed E-state index contributed by atoms with van der Waals surface area (Å²) in [5, 5.41) is 12.6. The van der Waals surface area contributed by atoms with Crippen molar-refractivity contribution in [1.82, 2.24) is 15.1 Å². The number of nitriles is 1. The Balaban J connectivity index is 1.64. The van der Waals surface area contributed by atoms with Crippen LogP contribution in [0.25, 0.3) is 0 Å². The lowest BCUT2D eigenvalue weighted by Gasteiger charge is -2.33. The molecule has 0 bridgehead atoms. The number of nitrogens with two attached hydrogens (primary N) is 1. The highest BCUT2D eigenvalue weighted by atomic mass is 16.1. The minimum Gasteiger partial charge on any atom is -0.374 e. The van der Waals surface area contributed by atoms with Gasteiger partial charge in [-0.3, -0.25) is 9.69 Å². The molecule has 6 nitrogen and oxygen atoms in total. The van der Waals surface area contributed by atoms with Gasteiger partial charge in [0, 0.05) is 45.5 Å². The summed E-state index contributed by atoms with van der Waals surface area (Å²) in [6, 6.07) is 8.60. The van der Waals surface area contributed by atoms with E-state index in [9.17, 15) is 10.1 Å². The first-order valence-corrected chi connectivity index (χ1v) is 10.9. The van der Waals surface area contributed by atoms with Crippen LogP contribution in [0.1, 0.15) is 48.9 Å². The second-order valence-corrected chi connectivity index (χ2v) is 7.99. The fraction of sp³-hybridized carbons (Fsp3) is 0.565. The van der Waals surface area contributed by atoms with Crippen LogP contribution in [0.4, 0.5) is 0 Å². The Bertz CT molecular complexity index is 774. The number of aryl methyl sites for hydroxylation is 2. The van der Waals surface area contributed by atoms with E-state index < -0.39 is 0 Å². The number of hydrogen-bond acceptors (Lipinski definition) is 5. The highest BCUT2D eigenvalue weighted by Gasteiger charge is 2.20. The molecule has 1 aromatic rings. The normalized spacial score (nSPS) is 18.7. The van der Waals surface area contributed by atoms with Crippen molar-refractivity contribution in [3.05, 3.63) is 46.7 Å². The Labute approximate surface area is 174 Å². The fourth-order valence-electron chi connectivity index (χ4n) is 4.25. The number of fused-ring (bicyclic) bond motifs is 1. The molecule has 0 radical (unpaired) electrons. The molecule has 0 aromatic heterocycles. The smallest absolute Gasteiger partial charge is 0.263 e. The summed E-state index contributed by atoms with van der Waals surface area (Å²) in [5.74, 6) is -0.290. The van der Waals surface area contributed by atoms with E-state index in [-0.39, 0.29) is 17.5 Å². The Morgan fingerprint density at radius 2 is 1.97 bits per heavy atom. The standard InChI is InChI=1S/C23H33N5O/c1-2-22(20-8-7-18-5-3-4-6-19(18)15-20)26-23(29)21(16-25)17-28-13-11-27(10-9-24)12-14-28/h7-8,15,17,22H,2-6,9-14,24H2,1H3,(H,26,29)/b21-17-. The molecular formula is C23H33N5O. The first-order valence-electron chi connectivity index (χ1n) is 10.9. The maximum absolute atomic E-state index is 12.8. The Hall–Kier alpha value is -2.36. The maximum atomic E-state index is 12.8. The van der Waals surface area contributed by atoms with Gasteiger partial charge in [-0.05, 0) is 48.8 Å². The number of benzene rings is 1. The molecule has 0 saturated carbocycles. The van der Waals surface area contributed by atoms with E-state index >= 15 is 0 Å². The summed E-state index contributed by atoms with van der Waals surface area (Å²) < 4.78 is 0. The van der Waals surface area contributed by atoms with Crippen LogP contribution in [-0.2, 0) is 17.6 Å². The molecule has 1 heterocycles. The first kappa shape index (κ1) is 21.4. The number of rotatable bonds is 7. The molecule has 1 atom stereocenters. The van der Waals surface area contributed by atoms with E-state index in [1.54, 1.807) is 6.20 Å².